The Morgan fingerprint density at radius 1 is 1.35 bits per heavy atom. The number of nitrogens with zero attached hydrogens (tertiary/aromatic N) is 1. The highest BCUT2D eigenvalue weighted by atomic mass is 19.4. The van der Waals surface area contributed by atoms with Gasteiger partial charge in [-0.1, -0.05) is 13.8 Å². The van der Waals surface area contributed by atoms with Crippen LogP contribution in [-0.4, -0.2) is 53.4 Å². The highest BCUT2D eigenvalue weighted by molar-refractivity contribution is 5.83. The molecule has 2 saturated heterocycles. The molecule has 1 amide bonds. The number of hydrogen-bond donors (Lipinski definition) is 2. The molecule has 116 valence electrons. The van der Waals surface area contributed by atoms with Crippen LogP contribution in [0, 0.1) is 5.41 Å². The molecule has 0 spiro atoms. The quantitative estimate of drug-likeness (QED) is 0.766. The van der Waals surface area contributed by atoms with Gasteiger partial charge in [0, 0.05) is 13.0 Å². The van der Waals surface area contributed by atoms with Gasteiger partial charge in [-0.3, -0.25) is 4.79 Å². The molecule has 2 aliphatic heterocycles. The van der Waals surface area contributed by atoms with E-state index in [1.165, 1.54) is 0 Å². The van der Waals surface area contributed by atoms with E-state index in [-0.39, 0.29) is 17.9 Å². The molecule has 0 saturated carbocycles. The number of likely N-dealkylation sites (tertiary alicyclic amines) is 1. The molecule has 2 atom stereocenters. The maximum atomic E-state index is 12.8. The smallest absolute Gasteiger partial charge is 0.379 e. The molecule has 0 aromatic rings. The lowest BCUT2D eigenvalue weighted by molar-refractivity contribution is -0.253. The van der Waals surface area contributed by atoms with Crippen molar-refractivity contribution in [2.75, 3.05) is 19.6 Å². The topological polar surface area (TPSA) is 52.6 Å². The lowest BCUT2D eigenvalue weighted by Crippen LogP contribution is -2.57. The molecule has 2 heterocycles. The van der Waals surface area contributed by atoms with Crippen LogP contribution in [0.2, 0.25) is 0 Å². The Hall–Kier alpha value is -0.820. The predicted octanol–water partition coefficient (Wildman–Crippen LogP) is 1.29. The first-order valence-corrected chi connectivity index (χ1v) is 6.88. The molecule has 20 heavy (non-hydrogen) atoms. The molecule has 2 N–H and O–H groups in total. The standard InChI is InChI=1S/C13H21F3N2O2/c1-11(2)4-3-6-17-9(11)10(19)18-7-5-12(20,8-18)13(14,15)16/h9,17,20H,3-8H2,1-2H3. The Morgan fingerprint density at radius 3 is 2.50 bits per heavy atom. The monoisotopic (exact) mass is 294 g/mol. The summed E-state index contributed by atoms with van der Waals surface area (Å²) < 4.78 is 38.3. The fourth-order valence-electron chi connectivity index (χ4n) is 3.03. The maximum Gasteiger partial charge on any atom is 0.419 e. The first-order valence-electron chi connectivity index (χ1n) is 6.88. The number of carbonyl (C=O) groups excluding carboxylic acids is 1. The van der Waals surface area contributed by atoms with Crippen molar-refractivity contribution < 1.29 is 23.1 Å². The van der Waals surface area contributed by atoms with Crippen molar-refractivity contribution in [1.29, 1.82) is 0 Å². The number of nitrogens with one attached hydrogen (secondary N) is 1. The lowest BCUT2D eigenvalue weighted by Gasteiger charge is -2.40. The van der Waals surface area contributed by atoms with Gasteiger partial charge in [0.05, 0.1) is 12.6 Å². The summed E-state index contributed by atoms with van der Waals surface area (Å²) in [5.74, 6) is -0.338. The molecule has 2 aliphatic rings. The van der Waals surface area contributed by atoms with Crippen molar-refractivity contribution in [3.05, 3.63) is 0 Å². The highest BCUT2D eigenvalue weighted by Crippen LogP contribution is 2.39. The molecule has 4 nitrogen and oxygen atoms in total. The van der Waals surface area contributed by atoms with E-state index in [9.17, 15) is 23.1 Å². The summed E-state index contributed by atoms with van der Waals surface area (Å²) in [6.45, 7) is 3.85. The van der Waals surface area contributed by atoms with Crippen molar-refractivity contribution in [2.24, 2.45) is 5.41 Å². The summed E-state index contributed by atoms with van der Waals surface area (Å²) in [6, 6.07) is -0.480. The highest BCUT2D eigenvalue weighted by Gasteiger charge is 2.58. The summed E-state index contributed by atoms with van der Waals surface area (Å²) in [4.78, 5) is 13.6. The van der Waals surface area contributed by atoms with Crippen LogP contribution in [0.15, 0.2) is 0 Å². The van der Waals surface area contributed by atoms with Gasteiger partial charge in [0.1, 0.15) is 0 Å². The number of hydrogen-bond acceptors (Lipinski definition) is 3. The SMILES string of the molecule is CC1(C)CCCNC1C(=O)N1CCC(O)(C(F)(F)F)C1. The van der Waals surface area contributed by atoms with E-state index in [0.717, 1.165) is 17.7 Å². The van der Waals surface area contributed by atoms with Crippen molar-refractivity contribution in [1.82, 2.24) is 10.2 Å². The first kappa shape index (κ1) is 15.6. The zero-order valence-electron chi connectivity index (χ0n) is 11.8. The van der Waals surface area contributed by atoms with Gasteiger partial charge in [-0.25, -0.2) is 0 Å². The molecule has 0 aromatic heterocycles. The van der Waals surface area contributed by atoms with Crippen LogP contribution in [0.1, 0.15) is 33.1 Å². The van der Waals surface area contributed by atoms with Crippen LogP contribution >= 0.6 is 0 Å². The largest absolute Gasteiger partial charge is 0.419 e. The Balaban J connectivity index is 2.08. The molecule has 7 heteroatoms. The van der Waals surface area contributed by atoms with Crippen molar-refractivity contribution in [2.45, 2.75) is 50.9 Å². The van der Waals surface area contributed by atoms with Crippen LogP contribution in [-0.2, 0) is 4.79 Å². The van der Waals surface area contributed by atoms with E-state index in [4.69, 9.17) is 0 Å². The third-order valence-corrected chi connectivity index (χ3v) is 4.46. The molecule has 2 unspecified atom stereocenters. The average Bonchev–Trinajstić information content (AvgIpc) is 2.71. The van der Waals surface area contributed by atoms with E-state index in [2.05, 4.69) is 5.32 Å². The fraction of sp³-hybridized carbons (Fsp3) is 0.923. The number of alkyl halides is 3. The Labute approximate surface area is 116 Å². The van der Waals surface area contributed by atoms with E-state index >= 15 is 0 Å². The van der Waals surface area contributed by atoms with Gasteiger partial charge in [0.25, 0.3) is 0 Å². The van der Waals surface area contributed by atoms with E-state index in [1.807, 2.05) is 13.8 Å². The number of aliphatic hydroxyl groups is 1. The van der Waals surface area contributed by atoms with Crippen LogP contribution in [0.5, 0.6) is 0 Å². The lowest BCUT2D eigenvalue weighted by atomic mass is 9.77. The van der Waals surface area contributed by atoms with Gasteiger partial charge in [0.2, 0.25) is 5.91 Å². The van der Waals surface area contributed by atoms with Crippen molar-refractivity contribution in [3.63, 3.8) is 0 Å². The summed E-state index contributed by atoms with van der Waals surface area (Å²) >= 11 is 0. The van der Waals surface area contributed by atoms with E-state index in [0.29, 0.717) is 6.54 Å². The second-order valence-electron chi connectivity index (χ2n) is 6.52. The number of amides is 1. The van der Waals surface area contributed by atoms with Gasteiger partial charge in [-0.15, -0.1) is 0 Å². The minimum atomic E-state index is -4.70. The molecular weight excluding hydrogens is 273 g/mol. The number of halogens is 3. The van der Waals surface area contributed by atoms with Gasteiger partial charge < -0.3 is 15.3 Å². The summed E-state index contributed by atoms with van der Waals surface area (Å²) in [7, 11) is 0. The predicted molar refractivity (Wildman–Crippen MR) is 67.0 cm³/mol. The number of piperidine rings is 1. The van der Waals surface area contributed by atoms with Crippen molar-refractivity contribution in [3.8, 4) is 0 Å². The summed E-state index contributed by atoms with van der Waals surface area (Å²) in [6.07, 6.45) is -3.34. The second kappa shape index (κ2) is 4.87. The Kier molecular flexibility index (Phi) is 3.79. The minimum Gasteiger partial charge on any atom is -0.379 e. The summed E-state index contributed by atoms with van der Waals surface area (Å²) in [5.41, 5.74) is -3.05. The van der Waals surface area contributed by atoms with Crippen LogP contribution in [0.4, 0.5) is 13.2 Å². The van der Waals surface area contributed by atoms with Gasteiger partial charge in [-0.05, 0) is 24.8 Å². The second-order valence-corrected chi connectivity index (χ2v) is 6.52. The van der Waals surface area contributed by atoms with E-state index < -0.39 is 30.8 Å². The van der Waals surface area contributed by atoms with Crippen molar-refractivity contribution >= 4 is 5.91 Å². The average molecular weight is 294 g/mol. The fourth-order valence-corrected chi connectivity index (χ4v) is 3.03. The Bertz CT molecular complexity index is 398. The van der Waals surface area contributed by atoms with Crippen LogP contribution < -0.4 is 5.32 Å². The van der Waals surface area contributed by atoms with Gasteiger partial charge in [-0.2, -0.15) is 13.2 Å². The molecule has 0 aromatic carbocycles. The third kappa shape index (κ3) is 2.65. The number of rotatable bonds is 1. The first-order chi connectivity index (χ1) is 9.07. The molecule has 2 fully saturated rings. The normalized spacial score (nSPS) is 34.3. The number of β-amino-alcohol motifs (C(OH)–C–C–N with tert-alkyl or cyclic N) is 1. The third-order valence-electron chi connectivity index (χ3n) is 4.46. The van der Waals surface area contributed by atoms with E-state index in [1.54, 1.807) is 0 Å². The van der Waals surface area contributed by atoms with Gasteiger partial charge >= 0.3 is 6.18 Å². The zero-order chi connectivity index (χ0) is 15.2. The molecule has 2 rings (SSSR count). The molecule has 0 radical (unpaired) electrons. The molecule has 0 bridgehead atoms. The maximum absolute atomic E-state index is 12.8. The van der Waals surface area contributed by atoms with Gasteiger partial charge in [0.15, 0.2) is 5.60 Å². The minimum absolute atomic E-state index is 0.0525. The zero-order valence-corrected chi connectivity index (χ0v) is 11.8. The Morgan fingerprint density at radius 2 is 2.00 bits per heavy atom. The van der Waals surface area contributed by atoms with Crippen LogP contribution in [0.25, 0.3) is 0 Å². The number of carbonyl (C=O) groups is 1. The van der Waals surface area contributed by atoms with Crippen LogP contribution in [0.3, 0.4) is 0 Å². The summed E-state index contributed by atoms with van der Waals surface area (Å²) in [5, 5.41) is 12.7. The molecular formula is C13H21F3N2O2. The molecule has 0 aliphatic carbocycles.